The van der Waals surface area contributed by atoms with E-state index in [9.17, 15) is 13.2 Å². The first kappa shape index (κ1) is 26.1. The van der Waals surface area contributed by atoms with E-state index in [0.717, 1.165) is 35.3 Å². The molecule has 3 aromatic rings. The number of rotatable bonds is 6. The molecule has 7 nitrogen and oxygen atoms in total. The smallest absolute Gasteiger partial charge is 0.264 e. The zero-order valence-corrected chi connectivity index (χ0v) is 23.0. The lowest BCUT2D eigenvalue weighted by molar-refractivity contribution is -0.129. The van der Waals surface area contributed by atoms with Crippen LogP contribution >= 0.6 is 0 Å². The minimum Gasteiger partial charge on any atom is -0.487 e. The molecule has 1 N–H and O–H groups in total. The highest BCUT2D eigenvalue weighted by Crippen LogP contribution is 2.43. The fraction of sp³-hybridized carbons (Fsp3) is 0.367. The summed E-state index contributed by atoms with van der Waals surface area (Å²) in [6, 6.07) is 19.6. The lowest BCUT2D eigenvalue weighted by Gasteiger charge is -2.42. The zero-order chi connectivity index (χ0) is 27.1. The van der Waals surface area contributed by atoms with Crippen LogP contribution in [0.15, 0.2) is 71.6 Å². The van der Waals surface area contributed by atoms with Crippen molar-refractivity contribution in [1.29, 1.82) is 0 Å². The number of carbonyl (C=O) groups excluding carboxylic acids is 1. The summed E-state index contributed by atoms with van der Waals surface area (Å²) >= 11 is 0. The maximum Gasteiger partial charge on any atom is 0.264 e. The molecule has 3 aromatic carbocycles. The van der Waals surface area contributed by atoms with Crippen LogP contribution in [0.3, 0.4) is 0 Å². The van der Waals surface area contributed by atoms with E-state index in [-0.39, 0.29) is 29.0 Å². The first-order valence-corrected chi connectivity index (χ1v) is 14.5. The van der Waals surface area contributed by atoms with Gasteiger partial charge in [0, 0.05) is 12.0 Å². The number of para-hydroxylation sites is 1. The van der Waals surface area contributed by atoms with Gasteiger partial charge in [0.1, 0.15) is 17.1 Å². The molecule has 0 spiro atoms. The number of carbonyl (C=O) groups is 1. The van der Waals surface area contributed by atoms with Crippen LogP contribution in [-0.2, 0) is 14.8 Å². The molecule has 200 valence electrons. The summed E-state index contributed by atoms with van der Waals surface area (Å²) in [5.41, 5.74) is 2.82. The Bertz CT molecular complexity index is 1450. The van der Waals surface area contributed by atoms with Crippen LogP contribution in [0.2, 0.25) is 0 Å². The molecule has 2 aliphatic heterocycles. The molecule has 2 aliphatic rings. The Balaban J connectivity index is 1.47. The Kier molecular flexibility index (Phi) is 6.86. The normalized spacial score (nSPS) is 19.9. The number of nitrogens with one attached hydrogen (secondary N) is 1. The number of anilines is 1. The van der Waals surface area contributed by atoms with Crippen LogP contribution in [0, 0.1) is 13.8 Å². The van der Waals surface area contributed by atoms with Crippen molar-refractivity contribution < 1.29 is 22.7 Å². The van der Waals surface area contributed by atoms with Crippen molar-refractivity contribution in [1.82, 2.24) is 5.32 Å². The summed E-state index contributed by atoms with van der Waals surface area (Å²) in [6.07, 6.45) is 1.22. The zero-order valence-electron chi connectivity index (χ0n) is 22.2. The predicted octanol–water partition coefficient (Wildman–Crippen LogP) is 5.46. The molecular formula is C30H34N2O5S. The Morgan fingerprint density at radius 1 is 0.974 bits per heavy atom. The Morgan fingerprint density at radius 3 is 2.37 bits per heavy atom. The summed E-state index contributed by atoms with van der Waals surface area (Å²) in [5.74, 6) is 0.770. The molecule has 2 heterocycles. The highest BCUT2D eigenvalue weighted by atomic mass is 32.2. The third-order valence-electron chi connectivity index (χ3n) is 7.69. The van der Waals surface area contributed by atoms with E-state index in [4.69, 9.17) is 9.47 Å². The third kappa shape index (κ3) is 4.73. The van der Waals surface area contributed by atoms with Gasteiger partial charge in [0.15, 0.2) is 6.10 Å². The van der Waals surface area contributed by atoms with Crippen molar-refractivity contribution in [3.63, 3.8) is 0 Å². The molecule has 0 saturated heterocycles. The largest absolute Gasteiger partial charge is 0.487 e. The molecule has 38 heavy (non-hydrogen) atoms. The first-order chi connectivity index (χ1) is 18.2. The molecule has 2 unspecified atom stereocenters. The molecular weight excluding hydrogens is 500 g/mol. The fourth-order valence-electron chi connectivity index (χ4n) is 5.26. The van der Waals surface area contributed by atoms with E-state index in [1.165, 1.54) is 4.31 Å². The van der Waals surface area contributed by atoms with E-state index >= 15 is 0 Å². The van der Waals surface area contributed by atoms with E-state index in [1.54, 1.807) is 36.4 Å². The van der Waals surface area contributed by atoms with Crippen molar-refractivity contribution in [2.45, 2.75) is 69.6 Å². The van der Waals surface area contributed by atoms with Crippen LogP contribution in [0.1, 0.15) is 55.8 Å². The van der Waals surface area contributed by atoms with Gasteiger partial charge in [-0.05, 0) is 62.6 Å². The van der Waals surface area contributed by atoms with Crippen molar-refractivity contribution in [3.05, 3.63) is 83.4 Å². The number of sulfonamides is 1. The number of fused-ring (bicyclic) bond motifs is 2. The lowest BCUT2D eigenvalue weighted by atomic mass is 9.83. The van der Waals surface area contributed by atoms with Crippen LogP contribution < -0.4 is 19.1 Å². The highest BCUT2D eigenvalue weighted by molar-refractivity contribution is 7.92. The molecule has 1 amide bonds. The van der Waals surface area contributed by atoms with Gasteiger partial charge in [-0.2, -0.15) is 0 Å². The molecule has 0 aromatic heterocycles. The number of ether oxygens (including phenoxy) is 2. The quantitative estimate of drug-likeness (QED) is 0.454. The molecule has 5 rings (SSSR count). The second-order valence-electron chi connectivity index (χ2n) is 10.2. The summed E-state index contributed by atoms with van der Waals surface area (Å²) in [6.45, 7) is 7.85. The number of hydrogen-bond acceptors (Lipinski definition) is 5. The molecule has 0 bridgehead atoms. The average molecular weight is 535 g/mol. The van der Waals surface area contributed by atoms with Gasteiger partial charge in [0.25, 0.3) is 15.9 Å². The van der Waals surface area contributed by atoms with Gasteiger partial charge in [0.05, 0.1) is 23.2 Å². The van der Waals surface area contributed by atoms with Crippen molar-refractivity contribution >= 4 is 21.6 Å². The lowest BCUT2D eigenvalue weighted by Crippen LogP contribution is -2.52. The predicted molar refractivity (Wildman–Crippen MR) is 147 cm³/mol. The molecule has 8 heteroatoms. The van der Waals surface area contributed by atoms with Crippen molar-refractivity contribution in [2.24, 2.45) is 0 Å². The monoisotopic (exact) mass is 534 g/mol. The number of amides is 1. The van der Waals surface area contributed by atoms with Crippen LogP contribution in [0.25, 0.3) is 0 Å². The maximum absolute atomic E-state index is 13.8. The second kappa shape index (κ2) is 9.98. The highest BCUT2D eigenvalue weighted by Gasteiger charge is 2.42. The van der Waals surface area contributed by atoms with Crippen LogP contribution in [0.5, 0.6) is 11.5 Å². The standard InChI is InChI=1S/C30H34N2O5S/c1-5-30(6-2)18-24(23-9-7-8-10-26(23)37-30)31-29(33)28-19-32(25-17-21(4)13-16-27(25)36-28)38(34,35)22-14-11-20(3)12-15-22/h7-17,24,28H,5-6,18-19H2,1-4H3,(H,31,33). The van der Waals surface area contributed by atoms with Gasteiger partial charge >= 0.3 is 0 Å². The van der Waals surface area contributed by atoms with E-state index in [1.807, 2.05) is 44.2 Å². The summed E-state index contributed by atoms with van der Waals surface area (Å²) in [5, 5.41) is 3.16. The Morgan fingerprint density at radius 2 is 1.66 bits per heavy atom. The molecule has 0 fully saturated rings. The number of aryl methyl sites for hydroxylation is 2. The molecule has 2 atom stereocenters. The van der Waals surface area contributed by atoms with E-state index in [2.05, 4.69) is 19.2 Å². The van der Waals surface area contributed by atoms with Gasteiger partial charge < -0.3 is 14.8 Å². The van der Waals surface area contributed by atoms with Gasteiger partial charge in [-0.1, -0.05) is 55.8 Å². The van der Waals surface area contributed by atoms with Crippen LogP contribution in [0.4, 0.5) is 5.69 Å². The molecule has 0 aliphatic carbocycles. The van der Waals surface area contributed by atoms with Crippen LogP contribution in [-0.4, -0.2) is 32.6 Å². The Hall–Kier alpha value is -3.52. The number of hydrogen-bond donors (Lipinski definition) is 1. The van der Waals surface area contributed by atoms with Crippen molar-refractivity contribution in [2.75, 3.05) is 10.8 Å². The second-order valence-corrected chi connectivity index (χ2v) is 12.1. The van der Waals surface area contributed by atoms with Gasteiger partial charge in [-0.15, -0.1) is 0 Å². The number of benzene rings is 3. The average Bonchev–Trinajstić information content (AvgIpc) is 2.92. The summed E-state index contributed by atoms with van der Waals surface area (Å²) < 4.78 is 41.4. The third-order valence-corrected chi connectivity index (χ3v) is 9.48. The van der Waals surface area contributed by atoms with E-state index in [0.29, 0.717) is 17.9 Å². The van der Waals surface area contributed by atoms with Crippen molar-refractivity contribution in [3.8, 4) is 11.5 Å². The maximum atomic E-state index is 13.8. The van der Waals surface area contributed by atoms with E-state index < -0.39 is 16.1 Å². The fourth-order valence-corrected chi connectivity index (χ4v) is 6.73. The Labute approximate surface area is 224 Å². The minimum absolute atomic E-state index is 0.129. The molecule has 0 saturated carbocycles. The SMILES string of the molecule is CCC1(CC)CC(NC(=O)C2CN(S(=O)(=O)c3ccc(C)cc3)c3cc(C)ccc3O2)c2ccccc2O1. The minimum atomic E-state index is -3.93. The number of nitrogens with zero attached hydrogens (tertiary/aromatic N) is 1. The topological polar surface area (TPSA) is 84.9 Å². The summed E-state index contributed by atoms with van der Waals surface area (Å²) in [7, 11) is -3.93. The van der Waals surface area contributed by atoms with Gasteiger partial charge in [-0.25, -0.2) is 8.42 Å². The molecule has 0 radical (unpaired) electrons. The van der Waals surface area contributed by atoms with Gasteiger partial charge in [-0.3, -0.25) is 9.10 Å². The first-order valence-electron chi connectivity index (χ1n) is 13.1. The van der Waals surface area contributed by atoms with Gasteiger partial charge in [0.2, 0.25) is 0 Å². The summed E-state index contributed by atoms with van der Waals surface area (Å²) in [4.78, 5) is 13.9.